The van der Waals surface area contributed by atoms with Gasteiger partial charge in [0.05, 0.1) is 5.71 Å². The van der Waals surface area contributed by atoms with Gasteiger partial charge in [-0.25, -0.2) is 0 Å². The highest BCUT2D eigenvalue weighted by atomic mass is 16.6. The summed E-state index contributed by atoms with van der Waals surface area (Å²) >= 11 is 0. The molecule has 0 saturated heterocycles. The van der Waals surface area contributed by atoms with Crippen LogP contribution in [0, 0.1) is 0 Å². The number of oxime groups is 1. The molecule has 1 aromatic carbocycles. The number of nitrogens with zero attached hydrogens (tertiary/aromatic N) is 1. The standard InChI is InChI=1S/C9H11NO/c1-8(2)10-11-9-6-4-3-5-7-9/h3-7H,1-2H3. The Kier molecular flexibility index (Phi) is 2.66. The second kappa shape index (κ2) is 3.76. The van der Waals surface area contributed by atoms with Gasteiger partial charge in [0.2, 0.25) is 0 Å². The molecule has 0 aromatic heterocycles. The lowest BCUT2D eigenvalue weighted by Crippen LogP contribution is -1.87. The summed E-state index contributed by atoms with van der Waals surface area (Å²) in [5.41, 5.74) is 0.911. The number of hydrogen-bond donors (Lipinski definition) is 0. The molecule has 0 amide bonds. The van der Waals surface area contributed by atoms with Crippen molar-refractivity contribution < 1.29 is 4.84 Å². The molecule has 0 spiro atoms. The Morgan fingerprint density at radius 3 is 2.36 bits per heavy atom. The van der Waals surface area contributed by atoms with Gasteiger partial charge in [-0.05, 0) is 26.0 Å². The average molecular weight is 149 g/mol. The summed E-state index contributed by atoms with van der Waals surface area (Å²) in [5.74, 6) is 0.772. The molecule has 58 valence electrons. The van der Waals surface area contributed by atoms with Crippen LogP contribution in [0.15, 0.2) is 35.5 Å². The highest BCUT2D eigenvalue weighted by molar-refractivity contribution is 5.78. The van der Waals surface area contributed by atoms with Gasteiger partial charge in [0, 0.05) is 0 Å². The number of para-hydroxylation sites is 1. The van der Waals surface area contributed by atoms with E-state index in [-0.39, 0.29) is 0 Å². The lowest BCUT2D eigenvalue weighted by Gasteiger charge is -1.96. The summed E-state index contributed by atoms with van der Waals surface area (Å²) in [6.07, 6.45) is 0. The van der Waals surface area contributed by atoms with Gasteiger partial charge in [-0.2, -0.15) is 0 Å². The Balaban J connectivity index is 2.59. The van der Waals surface area contributed by atoms with Gasteiger partial charge in [0.15, 0.2) is 5.75 Å². The molecule has 0 aliphatic carbocycles. The van der Waals surface area contributed by atoms with Crippen LogP contribution < -0.4 is 4.84 Å². The van der Waals surface area contributed by atoms with Crippen LogP contribution in [0.3, 0.4) is 0 Å². The number of hydrogen-bond acceptors (Lipinski definition) is 2. The predicted octanol–water partition coefficient (Wildman–Crippen LogP) is 2.46. The Hall–Kier alpha value is -1.31. The van der Waals surface area contributed by atoms with E-state index in [0.717, 1.165) is 11.5 Å². The van der Waals surface area contributed by atoms with Crippen molar-refractivity contribution in [2.45, 2.75) is 13.8 Å². The van der Waals surface area contributed by atoms with Crippen LogP contribution in [0.4, 0.5) is 0 Å². The van der Waals surface area contributed by atoms with E-state index < -0.39 is 0 Å². The van der Waals surface area contributed by atoms with Gasteiger partial charge in [-0.15, -0.1) is 0 Å². The molecule has 0 atom stereocenters. The minimum absolute atomic E-state index is 0.772. The third kappa shape index (κ3) is 2.85. The van der Waals surface area contributed by atoms with Crippen LogP contribution in [-0.2, 0) is 0 Å². The first-order valence-corrected chi connectivity index (χ1v) is 3.52. The monoisotopic (exact) mass is 149 g/mol. The van der Waals surface area contributed by atoms with E-state index in [0.29, 0.717) is 0 Å². The maximum atomic E-state index is 5.06. The fraction of sp³-hybridized carbons (Fsp3) is 0.222. The third-order valence-corrected chi connectivity index (χ3v) is 1.08. The molecular weight excluding hydrogens is 138 g/mol. The molecular formula is C9H11NO. The molecule has 0 bridgehead atoms. The Bertz CT molecular complexity index is 237. The van der Waals surface area contributed by atoms with Gasteiger partial charge in [-0.1, -0.05) is 23.4 Å². The summed E-state index contributed by atoms with van der Waals surface area (Å²) in [7, 11) is 0. The predicted molar refractivity (Wildman–Crippen MR) is 45.9 cm³/mol. The van der Waals surface area contributed by atoms with E-state index in [9.17, 15) is 0 Å². The van der Waals surface area contributed by atoms with Crippen LogP contribution in [-0.4, -0.2) is 5.71 Å². The van der Waals surface area contributed by atoms with Crippen LogP contribution in [0.25, 0.3) is 0 Å². The number of benzene rings is 1. The van der Waals surface area contributed by atoms with E-state index in [1.54, 1.807) is 0 Å². The van der Waals surface area contributed by atoms with Crippen molar-refractivity contribution in [3.63, 3.8) is 0 Å². The van der Waals surface area contributed by atoms with Crippen molar-refractivity contribution in [3.8, 4) is 5.75 Å². The maximum Gasteiger partial charge on any atom is 0.157 e. The fourth-order valence-electron chi connectivity index (χ4n) is 0.625. The van der Waals surface area contributed by atoms with Crippen molar-refractivity contribution in [2.24, 2.45) is 5.16 Å². The molecule has 0 unspecified atom stereocenters. The Morgan fingerprint density at radius 1 is 1.18 bits per heavy atom. The molecule has 0 N–H and O–H groups in total. The first-order chi connectivity index (χ1) is 5.29. The van der Waals surface area contributed by atoms with E-state index in [1.807, 2.05) is 44.2 Å². The molecule has 0 aliphatic heterocycles. The SMILES string of the molecule is CC(C)=NOc1ccccc1. The molecule has 2 heteroatoms. The molecule has 0 aliphatic rings. The molecule has 1 aromatic rings. The minimum atomic E-state index is 0.772. The van der Waals surface area contributed by atoms with Crippen LogP contribution in [0.1, 0.15) is 13.8 Å². The summed E-state index contributed by atoms with van der Waals surface area (Å²) in [5, 5.41) is 3.81. The van der Waals surface area contributed by atoms with Crippen molar-refractivity contribution in [3.05, 3.63) is 30.3 Å². The van der Waals surface area contributed by atoms with Crippen molar-refractivity contribution >= 4 is 5.71 Å². The summed E-state index contributed by atoms with van der Waals surface area (Å²) < 4.78 is 0. The Labute approximate surface area is 66.5 Å². The smallest absolute Gasteiger partial charge is 0.157 e. The highest BCUT2D eigenvalue weighted by Crippen LogP contribution is 2.08. The molecule has 0 radical (unpaired) electrons. The summed E-state index contributed by atoms with van der Waals surface area (Å²) in [6, 6.07) is 9.50. The molecule has 0 heterocycles. The zero-order valence-electron chi connectivity index (χ0n) is 6.74. The van der Waals surface area contributed by atoms with Gasteiger partial charge < -0.3 is 4.84 Å². The van der Waals surface area contributed by atoms with Gasteiger partial charge >= 0.3 is 0 Å². The van der Waals surface area contributed by atoms with Gasteiger partial charge in [-0.3, -0.25) is 0 Å². The molecule has 2 nitrogen and oxygen atoms in total. The maximum absolute atomic E-state index is 5.06. The first kappa shape index (κ1) is 7.79. The molecule has 1 rings (SSSR count). The molecule has 11 heavy (non-hydrogen) atoms. The zero-order valence-corrected chi connectivity index (χ0v) is 6.74. The molecule has 0 saturated carbocycles. The topological polar surface area (TPSA) is 21.6 Å². The highest BCUT2D eigenvalue weighted by Gasteiger charge is 1.86. The minimum Gasteiger partial charge on any atom is -0.357 e. The van der Waals surface area contributed by atoms with E-state index in [2.05, 4.69) is 5.16 Å². The second-order valence-corrected chi connectivity index (χ2v) is 2.44. The average Bonchev–Trinajstić information content (AvgIpc) is 2.03. The van der Waals surface area contributed by atoms with E-state index in [4.69, 9.17) is 4.84 Å². The van der Waals surface area contributed by atoms with Crippen molar-refractivity contribution in [1.82, 2.24) is 0 Å². The van der Waals surface area contributed by atoms with Crippen LogP contribution in [0.5, 0.6) is 5.75 Å². The van der Waals surface area contributed by atoms with Crippen LogP contribution in [0.2, 0.25) is 0 Å². The second-order valence-electron chi connectivity index (χ2n) is 2.44. The Morgan fingerprint density at radius 2 is 1.82 bits per heavy atom. The van der Waals surface area contributed by atoms with Crippen molar-refractivity contribution in [1.29, 1.82) is 0 Å². The summed E-state index contributed by atoms with van der Waals surface area (Å²) in [6.45, 7) is 3.78. The lowest BCUT2D eigenvalue weighted by molar-refractivity contribution is 0.341. The first-order valence-electron chi connectivity index (χ1n) is 3.52. The number of rotatable bonds is 2. The van der Waals surface area contributed by atoms with Gasteiger partial charge in [0.25, 0.3) is 0 Å². The normalized spacial score (nSPS) is 8.91. The fourth-order valence-corrected chi connectivity index (χ4v) is 0.625. The van der Waals surface area contributed by atoms with E-state index in [1.165, 1.54) is 0 Å². The molecule has 0 fully saturated rings. The summed E-state index contributed by atoms with van der Waals surface area (Å²) in [4.78, 5) is 5.06. The zero-order chi connectivity index (χ0) is 8.10. The van der Waals surface area contributed by atoms with E-state index >= 15 is 0 Å². The third-order valence-electron chi connectivity index (χ3n) is 1.08. The largest absolute Gasteiger partial charge is 0.357 e. The van der Waals surface area contributed by atoms with Crippen molar-refractivity contribution in [2.75, 3.05) is 0 Å². The quantitative estimate of drug-likeness (QED) is 0.467. The lowest BCUT2D eigenvalue weighted by atomic mass is 10.3. The van der Waals surface area contributed by atoms with Gasteiger partial charge in [0.1, 0.15) is 0 Å². The van der Waals surface area contributed by atoms with Crippen LogP contribution >= 0.6 is 0 Å².